The van der Waals surface area contributed by atoms with Crippen LogP contribution < -0.4 is 5.32 Å². The maximum atomic E-state index is 13.6. The summed E-state index contributed by atoms with van der Waals surface area (Å²) in [6.07, 6.45) is 75.0. The molecule has 0 saturated heterocycles. The average Bonchev–Trinajstić information content (AvgIpc) is 3.41. The first-order valence-corrected chi connectivity index (χ1v) is 35.1. The summed E-state index contributed by atoms with van der Waals surface area (Å²) in [6, 6.07) is -0.852. The van der Waals surface area contributed by atoms with E-state index >= 15 is 0 Å². The van der Waals surface area contributed by atoms with Gasteiger partial charge in [0.15, 0.2) is 0 Å². The highest BCUT2D eigenvalue weighted by Gasteiger charge is 2.30. The maximum absolute atomic E-state index is 13.6. The lowest BCUT2D eigenvalue weighted by Crippen LogP contribution is -2.47. The Balaban J connectivity index is 5.19. The average molecular weight is 1130 g/mol. The van der Waals surface area contributed by atoms with Crippen molar-refractivity contribution in [1.29, 1.82) is 0 Å². The summed E-state index contributed by atoms with van der Waals surface area (Å²) in [5.74, 6) is -0.502. The van der Waals surface area contributed by atoms with E-state index in [-0.39, 0.29) is 31.5 Å². The van der Waals surface area contributed by atoms with Gasteiger partial charge >= 0.3 is 13.8 Å². The lowest BCUT2D eigenvalue weighted by atomic mass is 10.0. The van der Waals surface area contributed by atoms with E-state index in [1.54, 1.807) is 0 Å². The normalized spacial score (nSPS) is 14.0. The summed E-state index contributed by atoms with van der Waals surface area (Å²) >= 11 is 0. The Morgan fingerprint density at radius 3 is 1.16 bits per heavy atom. The van der Waals surface area contributed by atoms with Gasteiger partial charge in [-0.05, 0) is 96.0 Å². The number of carbonyl (C=O) groups excluding carboxylic acids is 2. The van der Waals surface area contributed by atoms with Crippen LogP contribution in [0.2, 0.25) is 0 Å². The second-order valence-corrected chi connectivity index (χ2v) is 25.4. The molecular weight excluding hydrogens is 1000 g/mol. The summed E-state index contributed by atoms with van der Waals surface area (Å²) < 4.78 is 30.8. The molecule has 0 aromatic rings. The van der Waals surface area contributed by atoms with Crippen molar-refractivity contribution in [2.24, 2.45) is 0 Å². The Hall–Kier alpha value is -2.29. The van der Waals surface area contributed by atoms with Crippen molar-refractivity contribution in [3.8, 4) is 0 Å². The summed E-state index contributed by atoms with van der Waals surface area (Å²) in [5.41, 5.74) is 0. The topological polar surface area (TPSA) is 111 Å². The molecule has 0 aliphatic heterocycles. The number of phosphoric acid groups is 1. The van der Waals surface area contributed by atoms with Gasteiger partial charge in [0.2, 0.25) is 5.91 Å². The first-order chi connectivity index (χ1) is 38.4. The van der Waals surface area contributed by atoms with Crippen molar-refractivity contribution in [1.82, 2.24) is 5.32 Å². The zero-order valence-corrected chi connectivity index (χ0v) is 53.8. The van der Waals surface area contributed by atoms with Crippen LogP contribution in [0.4, 0.5) is 0 Å². The van der Waals surface area contributed by atoms with E-state index in [0.29, 0.717) is 17.4 Å². The second-order valence-electron chi connectivity index (χ2n) is 24.0. The highest BCUT2D eigenvalue weighted by atomic mass is 31.2. The van der Waals surface area contributed by atoms with E-state index in [9.17, 15) is 19.0 Å². The summed E-state index contributed by atoms with van der Waals surface area (Å²) in [5, 5.41) is 3.07. The van der Waals surface area contributed by atoms with E-state index in [4.69, 9.17) is 13.8 Å². The number of hydrogen-bond acceptors (Lipinski definition) is 6. The van der Waals surface area contributed by atoms with Crippen LogP contribution in [0, 0.1) is 0 Å². The molecule has 10 heteroatoms. The van der Waals surface area contributed by atoms with Crippen molar-refractivity contribution in [2.75, 3.05) is 40.9 Å². The van der Waals surface area contributed by atoms with E-state index in [1.165, 1.54) is 212 Å². The van der Waals surface area contributed by atoms with Crippen molar-refractivity contribution in [2.45, 2.75) is 328 Å². The number of hydrogen-bond donors (Lipinski definition) is 2. The SMILES string of the molecule is CCCCC/C=C\C/C=C\CCCCCCCCCCCCCC(=O)NC(COP(=O)(O)OCC[N+](C)(C)C)C(/C=C/CCCCCCCCCCCCC)OC(=O)CCCCCCCCCCC/C=C\C/C=C\CCCCC. The van der Waals surface area contributed by atoms with E-state index in [1.807, 2.05) is 33.3 Å². The molecular formula is C69H130N2O7P+. The summed E-state index contributed by atoms with van der Waals surface area (Å²) in [7, 11) is 1.50. The van der Waals surface area contributed by atoms with Crippen LogP contribution in [0.3, 0.4) is 0 Å². The van der Waals surface area contributed by atoms with Gasteiger partial charge in [0.1, 0.15) is 19.3 Å². The first-order valence-electron chi connectivity index (χ1n) is 33.6. The molecule has 0 saturated carbocycles. The zero-order valence-electron chi connectivity index (χ0n) is 52.9. The molecule has 1 amide bonds. The molecule has 0 bridgehead atoms. The number of ether oxygens (including phenoxy) is 1. The van der Waals surface area contributed by atoms with E-state index in [0.717, 1.165) is 70.6 Å². The third kappa shape index (κ3) is 60.1. The summed E-state index contributed by atoms with van der Waals surface area (Å²) in [6.45, 7) is 6.99. The Morgan fingerprint density at radius 1 is 0.443 bits per heavy atom. The number of carbonyl (C=O) groups is 2. The number of phosphoric ester groups is 1. The number of nitrogens with zero attached hydrogens (tertiary/aromatic N) is 1. The van der Waals surface area contributed by atoms with E-state index in [2.05, 4.69) is 74.7 Å². The molecule has 0 heterocycles. The van der Waals surface area contributed by atoms with Gasteiger partial charge in [-0.15, -0.1) is 0 Å². The van der Waals surface area contributed by atoms with Gasteiger partial charge in [0, 0.05) is 12.8 Å². The number of rotatable bonds is 61. The molecule has 9 nitrogen and oxygen atoms in total. The molecule has 0 aliphatic rings. The molecule has 0 rings (SSSR count). The van der Waals surface area contributed by atoms with Crippen molar-refractivity contribution in [3.05, 3.63) is 60.8 Å². The highest BCUT2D eigenvalue weighted by molar-refractivity contribution is 7.47. The molecule has 0 aliphatic carbocycles. The lowest BCUT2D eigenvalue weighted by molar-refractivity contribution is -0.870. The smallest absolute Gasteiger partial charge is 0.456 e. The number of esters is 1. The zero-order chi connectivity index (χ0) is 57.9. The Bertz CT molecular complexity index is 1540. The van der Waals surface area contributed by atoms with Gasteiger partial charge in [-0.1, -0.05) is 268 Å². The van der Waals surface area contributed by atoms with Crippen LogP contribution in [0.25, 0.3) is 0 Å². The van der Waals surface area contributed by atoms with Crippen molar-refractivity contribution < 1.29 is 37.3 Å². The Kier molecular flexibility index (Phi) is 57.2. The molecule has 0 fully saturated rings. The summed E-state index contributed by atoms with van der Waals surface area (Å²) in [4.78, 5) is 37.8. The highest BCUT2D eigenvalue weighted by Crippen LogP contribution is 2.43. The first kappa shape index (κ1) is 76.7. The molecule has 0 aromatic heterocycles. The molecule has 79 heavy (non-hydrogen) atoms. The molecule has 3 unspecified atom stereocenters. The monoisotopic (exact) mass is 1130 g/mol. The molecule has 462 valence electrons. The number of unbranched alkanes of at least 4 members (excludes halogenated alkanes) is 37. The Labute approximate surface area is 490 Å². The second kappa shape index (κ2) is 58.9. The third-order valence-corrected chi connectivity index (χ3v) is 15.9. The quantitative estimate of drug-likeness (QED) is 0.0205. The standard InChI is InChI=1S/C69H129N2O7P/c1-7-10-13-16-19-22-25-28-30-32-34-35-37-38-40-43-46-49-52-55-58-61-68(72)70-66(65-77-79(74,75)76-64-63-71(4,5)6)67(60-57-54-51-48-45-42-27-24-21-18-15-12-9-3)78-69(73)62-59-56-53-50-47-44-41-39-36-33-31-29-26-23-20-17-14-11-8-2/h19-20,22-23,28-31,57,60,66-67H,7-18,21,24-27,32-56,58-59,61-65H2,1-6H3,(H-,70,72,74,75)/p+1/b22-19-,23-20-,30-28-,31-29-,60-57+. The van der Waals surface area contributed by atoms with Crippen molar-refractivity contribution >= 4 is 19.7 Å². The van der Waals surface area contributed by atoms with Crippen molar-refractivity contribution in [3.63, 3.8) is 0 Å². The van der Waals surface area contributed by atoms with Gasteiger partial charge in [0.05, 0.1) is 33.8 Å². The number of quaternary nitrogens is 1. The molecule has 0 aromatic carbocycles. The number of amides is 1. The largest absolute Gasteiger partial charge is 0.472 e. The maximum Gasteiger partial charge on any atom is 0.472 e. The van der Waals surface area contributed by atoms with Crippen LogP contribution >= 0.6 is 7.82 Å². The molecule has 3 atom stereocenters. The fraction of sp³-hybridized carbons (Fsp3) is 0.826. The molecule has 0 spiro atoms. The third-order valence-electron chi connectivity index (χ3n) is 14.9. The van der Waals surface area contributed by atoms with E-state index < -0.39 is 20.0 Å². The molecule has 2 N–H and O–H groups in total. The predicted octanol–water partition coefficient (Wildman–Crippen LogP) is 21.0. The molecule has 0 radical (unpaired) electrons. The van der Waals surface area contributed by atoms with Gasteiger partial charge in [-0.2, -0.15) is 0 Å². The van der Waals surface area contributed by atoms with Crippen LogP contribution in [0.1, 0.15) is 316 Å². The minimum Gasteiger partial charge on any atom is -0.456 e. The minimum atomic E-state index is -4.45. The fourth-order valence-corrected chi connectivity index (χ4v) is 10.4. The van der Waals surface area contributed by atoms with Gasteiger partial charge in [0.25, 0.3) is 0 Å². The van der Waals surface area contributed by atoms with Crippen LogP contribution in [-0.4, -0.2) is 74.3 Å². The van der Waals surface area contributed by atoms with Gasteiger partial charge < -0.3 is 19.4 Å². The lowest BCUT2D eigenvalue weighted by Gasteiger charge is -2.27. The van der Waals surface area contributed by atoms with Gasteiger partial charge in [-0.25, -0.2) is 4.57 Å². The predicted molar refractivity (Wildman–Crippen MR) is 342 cm³/mol. The number of likely N-dealkylation sites (N-methyl/N-ethyl adjacent to an activating group) is 1. The Morgan fingerprint density at radius 2 is 0.772 bits per heavy atom. The number of nitrogens with one attached hydrogen (secondary N) is 1. The van der Waals surface area contributed by atoms with Gasteiger partial charge in [-0.3, -0.25) is 18.6 Å². The fourth-order valence-electron chi connectivity index (χ4n) is 9.71. The minimum absolute atomic E-state index is 0.0388. The van der Waals surface area contributed by atoms with Crippen LogP contribution in [0.15, 0.2) is 60.8 Å². The van der Waals surface area contributed by atoms with Crippen LogP contribution in [-0.2, 0) is 27.9 Å². The van der Waals surface area contributed by atoms with Crippen LogP contribution in [0.5, 0.6) is 0 Å². The number of allylic oxidation sites excluding steroid dienone is 9.